The molecule has 0 spiro atoms. The van der Waals surface area contributed by atoms with Gasteiger partial charge in [0.05, 0.1) is 0 Å². The number of phenols is 1. The summed E-state index contributed by atoms with van der Waals surface area (Å²) in [4.78, 5) is -0.0391. The van der Waals surface area contributed by atoms with E-state index in [9.17, 15) is 13.5 Å². The maximum atomic E-state index is 12.2. The fourth-order valence-electron chi connectivity index (χ4n) is 2.44. The molecule has 1 saturated carbocycles. The SMILES string of the molecule is CC1CCCCC1NS(=O)(=O)c1ccccc1O. The minimum absolute atomic E-state index is 0.0247. The number of para-hydroxylation sites is 1. The number of phenolic OH excluding ortho intramolecular Hbond substituents is 1. The maximum Gasteiger partial charge on any atom is 0.244 e. The highest BCUT2D eigenvalue weighted by atomic mass is 32.2. The highest BCUT2D eigenvalue weighted by molar-refractivity contribution is 7.89. The zero-order valence-electron chi connectivity index (χ0n) is 10.5. The third kappa shape index (κ3) is 2.84. The molecular formula is C13H19NO3S. The van der Waals surface area contributed by atoms with Crippen LogP contribution in [0.4, 0.5) is 0 Å². The van der Waals surface area contributed by atoms with E-state index in [1.54, 1.807) is 12.1 Å². The molecule has 1 fully saturated rings. The Morgan fingerprint density at radius 3 is 2.56 bits per heavy atom. The molecule has 0 bridgehead atoms. The predicted molar refractivity (Wildman–Crippen MR) is 69.8 cm³/mol. The summed E-state index contributed by atoms with van der Waals surface area (Å²) in [5, 5.41) is 9.62. The number of rotatable bonds is 3. The Bertz CT molecular complexity index is 513. The molecular weight excluding hydrogens is 250 g/mol. The number of benzene rings is 1. The van der Waals surface area contributed by atoms with Gasteiger partial charge in [0.1, 0.15) is 10.6 Å². The first-order valence-electron chi connectivity index (χ1n) is 6.31. The summed E-state index contributed by atoms with van der Waals surface area (Å²) in [6.07, 6.45) is 4.14. The van der Waals surface area contributed by atoms with E-state index in [0.29, 0.717) is 5.92 Å². The van der Waals surface area contributed by atoms with Gasteiger partial charge in [0.25, 0.3) is 0 Å². The number of nitrogens with one attached hydrogen (secondary N) is 1. The molecule has 1 aromatic carbocycles. The fourth-order valence-corrected chi connectivity index (χ4v) is 3.92. The summed E-state index contributed by atoms with van der Waals surface area (Å²) in [6.45, 7) is 2.07. The topological polar surface area (TPSA) is 66.4 Å². The van der Waals surface area contributed by atoms with Crippen LogP contribution in [-0.4, -0.2) is 19.6 Å². The van der Waals surface area contributed by atoms with E-state index < -0.39 is 10.0 Å². The van der Waals surface area contributed by atoms with Gasteiger partial charge in [-0.25, -0.2) is 13.1 Å². The first-order chi connectivity index (χ1) is 8.50. The molecule has 0 saturated heterocycles. The van der Waals surface area contributed by atoms with Crippen LogP contribution < -0.4 is 4.72 Å². The number of aromatic hydroxyl groups is 1. The zero-order valence-corrected chi connectivity index (χ0v) is 11.3. The van der Waals surface area contributed by atoms with Crippen LogP contribution in [0.15, 0.2) is 29.2 Å². The molecule has 0 aromatic heterocycles. The van der Waals surface area contributed by atoms with Crippen molar-refractivity contribution in [1.29, 1.82) is 0 Å². The van der Waals surface area contributed by atoms with E-state index in [1.165, 1.54) is 12.1 Å². The molecule has 1 aliphatic carbocycles. The Morgan fingerprint density at radius 2 is 1.89 bits per heavy atom. The van der Waals surface area contributed by atoms with E-state index in [-0.39, 0.29) is 16.7 Å². The highest BCUT2D eigenvalue weighted by Crippen LogP contribution is 2.27. The minimum atomic E-state index is -3.62. The van der Waals surface area contributed by atoms with E-state index >= 15 is 0 Å². The molecule has 2 atom stereocenters. The first kappa shape index (κ1) is 13.4. The van der Waals surface area contributed by atoms with E-state index in [1.807, 2.05) is 0 Å². The number of sulfonamides is 1. The average molecular weight is 269 g/mol. The van der Waals surface area contributed by atoms with Gasteiger partial charge in [-0.1, -0.05) is 31.9 Å². The maximum absolute atomic E-state index is 12.2. The van der Waals surface area contributed by atoms with Gasteiger partial charge in [0.2, 0.25) is 10.0 Å². The van der Waals surface area contributed by atoms with Crippen molar-refractivity contribution in [1.82, 2.24) is 4.72 Å². The third-order valence-corrected chi connectivity index (χ3v) is 5.11. The van der Waals surface area contributed by atoms with Gasteiger partial charge in [-0.15, -0.1) is 0 Å². The van der Waals surface area contributed by atoms with E-state index in [4.69, 9.17) is 0 Å². The fraction of sp³-hybridized carbons (Fsp3) is 0.538. The van der Waals surface area contributed by atoms with Gasteiger partial charge < -0.3 is 5.11 Å². The Hall–Kier alpha value is -1.07. The molecule has 1 aromatic rings. The van der Waals surface area contributed by atoms with Gasteiger partial charge in [-0.3, -0.25) is 0 Å². The smallest absolute Gasteiger partial charge is 0.244 e. The lowest BCUT2D eigenvalue weighted by Gasteiger charge is -2.29. The Balaban J connectivity index is 2.19. The van der Waals surface area contributed by atoms with Gasteiger partial charge in [-0.2, -0.15) is 0 Å². The van der Waals surface area contributed by atoms with Crippen LogP contribution in [-0.2, 0) is 10.0 Å². The molecule has 0 aliphatic heterocycles. The van der Waals surface area contributed by atoms with Crippen molar-refractivity contribution < 1.29 is 13.5 Å². The monoisotopic (exact) mass is 269 g/mol. The molecule has 2 N–H and O–H groups in total. The van der Waals surface area contributed by atoms with Crippen LogP contribution in [0.2, 0.25) is 0 Å². The standard InChI is InChI=1S/C13H19NO3S/c1-10-6-2-3-7-11(10)14-18(16,17)13-9-5-4-8-12(13)15/h4-5,8-11,14-15H,2-3,6-7H2,1H3. The molecule has 2 unspecified atom stereocenters. The average Bonchev–Trinajstić information content (AvgIpc) is 2.32. The summed E-state index contributed by atoms with van der Waals surface area (Å²) < 4.78 is 27.1. The Morgan fingerprint density at radius 1 is 1.22 bits per heavy atom. The molecule has 5 heteroatoms. The summed E-state index contributed by atoms with van der Waals surface area (Å²) in [5.41, 5.74) is 0. The first-order valence-corrected chi connectivity index (χ1v) is 7.79. The Kier molecular flexibility index (Phi) is 3.92. The second-order valence-corrected chi connectivity index (χ2v) is 6.64. The summed E-state index contributed by atoms with van der Waals surface area (Å²) in [6, 6.07) is 6.00. The summed E-state index contributed by atoms with van der Waals surface area (Å²) in [7, 11) is -3.62. The highest BCUT2D eigenvalue weighted by Gasteiger charge is 2.27. The van der Waals surface area contributed by atoms with Gasteiger partial charge in [0.15, 0.2) is 0 Å². The van der Waals surface area contributed by atoms with Crippen molar-refractivity contribution in [3.8, 4) is 5.75 Å². The lowest BCUT2D eigenvalue weighted by molar-refractivity contribution is 0.310. The number of hydrogen-bond acceptors (Lipinski definition) is 3. The van der Waals surface area contributed by atoms with Crippen molar-refractivity contribution in [2.24, 2.45) is 5.92 Å². The predicted octanol–water partition coefficient (Wildman–Crippen LogP) is 2.25. The normalized spacial score (nSPS) is 24.9. The van der Waals surface area contributed by atoms with Gasteiger partial charge in [0, 0.05) is 6.04 Å². The molecule has 0 radical (unpaired) electrons. The van der Waals surface area contributed by atoms with Crippen molar-refractivity contribution in [3.05, 3.63) is 24.3 Å². The molecule has 100 valence electrons. The van der Waals surface area contributed by atoms with Crippen LogP contribution in [0.1, 0.15) is 32.6 Å². The lowest BCUT2D eigenvalue weighted by atomic mass is 9.87. The van der Waals surface area contributed by atoms with Crippen LogP contribution in [0.5, 0.6) is 5.75 Å². The number of hydrogen-bond donors (Lipinski definition) is 2. The molecule has 2 rings (SSSR count). The Labute approximate surface area is 108 Å². The van der Waals surface area contributed by atoms with Crippen LogP contribution in [0.3, 0.4) is 0 Å². The molecule has 0 amide bonds. The van der Waals surface area contributed by atoms with Crippen LogP contribution in [0.25, 0.3) is 0 Å². The summed E-state index contributed by atoms with van der Waals surface area (Å²) in [5.74, 6) is 0.146. The molecule has 0 heterocycles. The van der Waals surface area contributed by atoms with Crippen molar-refractivity contribution in [2.75, 3.05) is 0 Å². The van der Waals surface area contributed by atoms with Crippen molar-refractivity contribution in [2.45, 2.75) is 43.5 Å². The zero-order chi connectivity index (χ0) is 13.2. The van der Waals surface area contributed by atoms with Gasteiger partial charge >= 0.3 is 0 Å². The molecule has 4 nitrogen and oxygen atoms in total. The van der Waals surface area contributed by atoms with Crippen LogP contribution in [0, 0.1) is 5.92 Å². The second kappa shape index (κ2) is 5.28. The van der Waals surface area contributed by atoms with Crippen molar-refractivity contribution in [3.63, 3.8) is 0 Å². The largest absolute Gasteiger partial charge is 0.507 e. The van der Waals surface area contributed by atoms with E-state index in [2.05, 4.69) is 11.6 Å². The summed E-state index contributed by atoms with van der Waals surface area (Å²) >= 11 is 0. The lowest BCUT2D eigenvalue weighted by Crippen LogP contribution is -2.40. The van der Waals surface area contributed by atoms with Crippen LogP contribution >= 0.6 is 0 Å². The third-order valence-electron chi connectivity index (χ3n) is 3.57. The second-order valence-electron chi connectivity index (χ2n) is 4.96. The minimum Gasteiger partial charge on any atom is -0.507 e. The molecule has 1 aliphatic rings. The van der Waals surface area contributed by atoms with Gasteiger partial charge in [-0.05, 0) is 30.9 Å². The van der Waals surface area contributed by atoms with Crippen molar-refractivity contribution >= 4 is 10.0 Å². The quantitative estimate of drug-likeness (QED) is 0.884. The molecule has 18 heavy (non-hydrogen) atoms. The van der Waals surface area contributed by atoms with E-state index in [0.717, 1.165) is 25.7 Å².